The molecule has 10 atom stereocenters. The Bertz CT molecular complexity index is 922. The van der Waals surface area contributed by atoms with E-state index in [1.807, 2.05) is 0 Å². The molecule has 4 aliphatic carbocycles. The highest BCUT2D eigenvalue weighted by Gasteiger charge is 2.63. The Morgan fingerprint density at radius 1 is 1.11 bits per heavy atom. The number of hydrogen-bond donors (Lipinski definition) is 0. The van der Waals surface area contributed by atoms with Crippen molar-refractivity contribution in [3.05, 3.63) is 16.0 Å². The van der Waals surface area contributed by atoms with Crippen LogP contribution in [0.1, 0.15) is 105 Å². The van der Waals surface area contributed by atoms with Gasteiger partial charge in [-0.3, -0.25) is 4.79 Å². The summed E-state index contributed by atoms with van der Waals surface area (Å²) in [6, 6.07) is 0. The summed E-state index contributed by atoms with van der Waals surface area (Å²) in [6.07, 6.45) is 12.9. The Kier molecular flexibility index (Phi) is 8.27. The molecule has 0 N–H and O–H groups in total. The van der Waals surface area contributed by atoms with Crippen LogP contribution in [-0.2, 0) is 14.3 Å². The van der Waals surface area contributed by atoms with Crippen LogP contribution in [0, 0.1) is 52.3 Å². The molecule has 3 unspecified atom stereocenters. The third-order valence-electron chi connectivity index (χ3n) is 11.6. The largest absolute Gasteiger partial charge is 0.462 e. The number of azide groups is 1. The first-order valence-electron chi connectivity index (χ1n) is 14.6. The van der Waals surface area contributed by atoms with Crippen molar-refractivity contribution in [3.8, 4) is 0 Å². The number of allylic oxidation sites excluding steroid dienone is 1. The van der Waals surface area contributed by atoms with Gasteiger partial charge in [0, 0.05) is 29.9 Å². The summed E-state index contributed by atoms with van der Waals surface area (Å²) < 4.78 is 6.05. The molecule has 6 heteroatoms. The maximum Gasteiger partial charge on any atom is 0.302 e. The van der Waals surface area contributed by atoms with Crippen LogP contribution in [0.5, 0.6) is 0 Å². The van der Waals surface area contributed by atoms with Gasteiger partial charge in [-0.15, -0.1) is 0 Å². The molecule has 4 saturated carbocycles. The second-order valence-electron chi connectivity index (χ2n) is 13.3. The van der Waals surface area contributed by atoms with E-state index in [1.54, 1.807) is 0 Å². The van der Waals surface area contributed by atoms with Gasteiger partial charge in [0.15, 0.2) is 0 Å². The zero-order valence-corrected chi connectivity index (χ0v) is 23.2. The predicted molar refractivity (Wildman–Crippen MR) is 142 cm³/mol. The minimum atomic E-state index is -0.210. The molecule has 0 aliphatic heterocycles. The summed E-state index contributed by atoms with van der Waals surface area (Å²) in [7, 11) is 0. The van der Waals surface area contributed by atoms with Crippen LogP contribution in [0.3, 0.4) is 0 Å². The van der Waals surface area contributed by atoms with Crippen molar-refractivity contribution < 1.29 is 14.3 Å². The molecule has 0 aromatic heterocycles. The van der Waals surface area contributed by atoms with Gasteiger partial charge in [0.25, 0.3) is 0 Å². The molecule has 200 valence electrons. The second-order valence-corrected chi connectivity index (χ2v) is 13.3. The van der Waals surface area contributed by atoms with Crippen LogP contribution in [0.15, 0.2) is 10.7 Å². The first kappa shape index (κ1) is 27.3. The van der Waals surface area contributed by atoms with E-state index in [2.05, 4.69) is 43.7 Å². The van der Waals surface area contributed by atoms with Crippen molar-refractivity contribution in [3.63, 3.8) is 0 Å². The Morgan fingerprint density at radius 3 is 2.58 bits per heavy atom. The first-order valence-corrected chi connectivity index (χ1v) is 14.6. The highest BCUT2D eigenvalue weighted by Crippen LogP contribution is 2.68. The summed E-state index contributed by atoms with van der Waals surface area (Å²) in [5, 5.41) is 3.70. The molecule has 4 rings (SSSR count). The molecule has 36 heavy (non-hydrogen) atoms. The van der Waals surface area contributed by atoms with Crippen LogP contribution in [0.2, 0.25) is 0 Å². The van der Waals surface area contributed by atoms with Crippen molar-refractivity contribution in [2.24, 2.45) is 57.4 Å². The minimum Gasteiger partial charge on any atom is -0.462 e. The van der Waals surface area contributed by atoms with Gasteiger partial charge in [-0.05, 0) is 110 Å². The number of ether oxygens (including phenoxy) is 1. The van der Waals surface area contributed by atoms with E-state index in [9.17, 15) is 9.59 Å². The molecule has 0 saturated heterocycles. The zero-order chi connectivity index (χ0) is 26.1. The summed E-state index contributed by atoms with van der Waals surface area (Å²) >= 11 is 0. The van der Waals surface area contributed by atoms with Crippen LogP contribution < -0.4 is 0 Å². The van der Waals surface area contributed by atoms with Crippen LogP contribution >= 0.6 is 0 Å². The van der Waals surface area contributed by atoms with E-state index in [0.29, 0.717) is 30.2 Å². The maximum atomic E-state index is 12.2. The molecule has 0 aromatic carbocycles. The number of nitrogens with zero attached hydrogens (tertiary/aromatic N) is 3. The second kappa shape index (κ2) is 10.9. The summed E-state index contributed by atoms with van der Waals surface area (Å²) in [6.45, 7) is 11.2. The Labute approximate surface area is 217 Å². The number of fused-ring (bicyclic) bond motifs is 5. The number of rotatable bonds is 8. The fourth-order valence-corrected chi connectivity index (χ4v) is 9.81. The summed E-state index contributed by atoms with van der Waals surface area (Å²) in [5.74, 6) is 5.38. The van der Waals surface area contributed by atoms with Gasteiger partial charge in [0.05, 0.1) is 0 Å². The lowest BCUT2D eigenvalue weighted by atomic mass is 9.44. The van der Waals surface area contributed by atoms with Gasteiger partial charge < -0.3 is 4.74 Å². The van der Waals surface area contributed by atoms with Gasteiger partial charge in [0.1, 0.15) is 12.0 Å². The Hall–Kier alpha value is -1.77. The molecule has 0 heterocycles. The molecule has 0 spiro atoms. The van der Waals surface area contributed by atoms with Crippen LogP contribution in [-0.4, -0.2) is 24.6 Å². The van der Waals surface area contributed by atoms with Crippen molar-refractivity contribution in [2.75, 3.05) is 6.54 Å². The molecule has 0 radical (unpaired) electrons. The lowest BCUT2D eigenvalue weighted by molar-refractivity contribution is -0.150. The lowest BCUT2D eigenvalue weighted by Gasteiger charge is -2.60. The molecule has 0 amide bonds. The number of hydrogen-bond acceptors (Lipinski definition) is 4. The van der Waals surface area contributed by atoms with E-state index in [4.69, 9.17) is 10.3 Å². The number of esters is 1. The van der Waals surface area contributed by atoms with E-state index in [-0.39, 0.29) is 35.2 Å². The molecule has 4 aliphatic rings. The number of carbonyl (C=O) groups is 1. The normalized spacial score (nSPS) is 40.9. The van der Waals surface area contributed by atoms with Gasteiger partial charge >= 0.3 is 5.97 Å². The number of carbonyl (C=O) groups excluding carboxylic acids is 2. The maximum absolute atomic E-state index is 12.2. The fourth-order valence-electron chi connectivity index (χ4n) is 9.81. The third-order valence-corrected chi connectivity index (χ3v) is 11.6. The van der Waals surface area contributed by atoms with Gasteiger partial charge in [-0.2, -0.15) is 0 Å². The van der Waals surface area contributed by atoms with Crippen molar-refractivity contribution in [1.82, 2.24) is 0 Å². The summed E-state index contributed by atoms with van der Waals surface area (Å²) in [5.41, 5.74) is 9.96. The molecule has 0 aromatic rings. The zero-order valence-electron chi connectivity index (χ0n) is 23.2. The topological polar surface area (TPSA) is 92.1 Å². The predicted octanol–water partition coefficient (Wildman–Crippen LogP) is 7.70. The molecule has 6 nitrogen and oxygen atoms in total. The van der Waals surface area contributed by atoms with E-state index < -0.39 is 0 Å². The standard InChI is InChI=1S/C30H47N3O3/c1-19(17-32-33-31)9-10-22(18-34)20(2)28-27(36-21(3)35)16-26-24-12-11-23-8-6-7-14-29(23,4)25(24)13-15-30(26,28)5/h19-20,23-28H,6-17H2,1-5H3/t19?,20-,23?,24-,25+,26+,27?,28+,29+,30+/m1/s1. The Balaban J connectivity index is 1.58. The van der Waals surface area contributed by atoms with Gasteiger partial charge in [-0.1, -0.05) is 45.7 Å². The van der Waals surface area contributed by atoms with E-state index in [0.717, 1.165) is 36.7 Å². The van der Waals surface area contributed by atoms with E-state index in [1.165, 1.54) is 51.9 Å². The molecule has 4 fully saturated rings. The highest BCUT2D eigenvalue weighted by molar-refractivity contribution is 5.66. The fraction of sp³-hybridized carbons (Fsp3) is 0.900. The Morgan fingerprint density at radius 2 is 1.89 bits per heavy atom. The van der Waals surface area contributed by atoms with Crippen molar-refractivity contribution >= 4 is 11.9 Å². The van der Waals surface area contributed by atoms with Gasteiger partial charge in [-0.25, -0.2) is 4.79 Å². The quantitative estimate of drug-likeness (QED) is 0.113. The lowest BCUT2D eigenvalue weighted by Crippen LogP contribution is -2.53. The SMILES string of the molecule is CC(=O)OC1C[C@H]2[C@@H]3CCC4CCCC[C@]4(C)[C@H]3CC[C@]2(C)[C@H]1[C@H](C)C(=C=O)CCC(C)CN=[N+]=[N-]. The van der Waals surface area contributed by atoms with Crippen LogP contribution in [0.25, 0.3) is 10.4 Å². The van der Waals surface area contributed by atoms with Crippen molar-refractivity contribution in [1.29, 1.82) is 0 Å². The average Bonchev–Trinajstić information content (AvgIpc) is 3.13. The first-order chi connectivity index (χ1) is 17.2. The molecular formula is C30H47N3O3. The van der Waals surface area contributed by atoms with E-state index >= 15 is 0 Å². The summed E-state index contributed by atoms with van der Waals surface area (Å²) in [4.78, 5) is 27.3. The third kappa shape index (κ3) is 4.88. The molecule has 0 bridgehead atoms. The van der Waals surface area contributed by atoms with Gasteiger partial charge in [0.2, 0.25) is 0 Å². The van der Waals surface area contributed by atoms with Crippen molar-refractivity contribution in [2.45, 2.75) is 111 Å². The molecular weight excluding hydrogens is 450 g/mol. The highest BCUT2D eigenvalue weighted by atomic mass is 16.5. The average molecular weight is 498 g/mol. The monoisotopic (exact) mass is 497 g/mol. The van der Waals surface area contributed by atoms with Crippen LogP contribution in [0.4, 0.5) is 0 Å². The smallest absolute Gasteiger partial charge is 0.302 e. The minimum absolute atomic E-state index is 0.0201.